The van der Waals surface area contributed by atoms with Gasteiger partial charge in [0.15, 0.2) is 0 Å². The van der Waals surface area contributed by atoms with E-state index in [1.807, 2.05) is 27.7 Å². The number of aliphatic hydroxyl groups is 1. The van der Waals surface area contributed by atoms with Crippen molar-refractivity contribution < 1.29 is 9.84 Å². The van der Waals surface area contributed by atoms with E-state index in [2.05, 4.69) is 0 Å². The van der Waals surface area contributed by atoms with Crippen LogP contribution in [0.25, 0.3) is 0 Å². The first-order chi connectivity index (χ1) is 4.87. The summed E-state index contributed by atoms with van der Waals surface area (Å²) in [4.78, 5) is 0. The van der Waals surface area contributed by atoms with Crippen molar-refractivity contribution in [2.24, 2.45) is 5.73 Å². The van der Waals surface area contributed by atoms with Crippen LogP contribution in [0.3, 0.4) is 0 Å². The van der Waals surface area contributed by atoms with Crippen LogP contribution in [-0.2, 0) is 4.74 Å². The van der Waals surface area contributed by atoms with Gasteiger partial charge in [0, 0.05) is 6.04 Å². The normalized spacial score (nSPS) is 18.0. The summed E-state index contributed by atoms with van der Waals surface area (Å²) in [5.74, 6) is 0. The Hall–Kier alpha value is -0.120. The lowest BCUT2D eigenvalue weighted by molar-refractivity contribution is -0.0875. The Bertz CT molecular complexity index is 107. The van der Waals surface area contributed by atoms with Crippen LogP contribution in [0.5, 0.6) is 0 Å². The van der Waals surface area contributed by atoms with E-state index in [0.717, 1.165) is 0 Å². The lowest BCUT2D eigenvalue weighted by Crippen LogP contribution is -2.41. The van der Waals surface area contributed by atoms with E-state index in [1.165, 1.54) is 0 Å². The standard InChI is InChI=1S/C8H19NO2/c1-6(9)7(5-10)11-8(2,3)4/h6-7,10H,5,9H2,1-4H3. The van der Waals surface area contributed by atoms with Crippen LogP contribution in [0, 0.1) is 0 Å². The Labute approximate surface area is 68.5 Å². The second-order valence-electron chi connectivity index (χ2n) is 3.81. The maximum Gasteiger partial charge on any atom is 0.0960 e. The zero-order valence-electron chi connectivity index (χ0n) is 7.79. The highest BCUT2D eigenvalue weighted by molar-refractivity contribution is 4.72. The van der Waals surface area contributed by atoms with Gasteiger partial charge < -0.3 is 15.6 Å². The second-order valence-corrected chi connectivity index (χ2v) is 3.81. The first-order valence-corrected chi connectivity index (χ1v) is 3.91. The van der Waals surface area contributed by atoms with Gasteiger partial charge in [-0.2, -0.15) is 0 Å². The molecule has 3 heteroatoms. The molecule has 0 amide bonds. The van der Waals surface area contributed by atoms with Gasteiger partial charge in [-0.05, 0) is 27.7 Å². The Morgan fingerprint density at radius 3 is 2.00 bits per heavy atom. The highest BCUT2D eigenvalue weighted by Crippen LogP contribution is 2.11. The van der Waals surface area contributed by atoms with Gasteiger partial charge in [-0.1, -0.05) is 0 Å². The van der Waals surface area contributed by atoms with Crippen LogP contribution in [0.15, 0.2) is 0 Å². The van der Waals surface area contributed by atoms with Gasteiger partial charge in [0.2, 0.25) is 0 Å². The molecule has 0 aromatic rings. The molecule has 0 spiro atoms. The quantitative estimate of drug-likeness (QED) is 0.634. The average molecular weight is 161 g/mol. The van der Waals surface area contributed by atoms with Gasteiger partial charge in [0.1, 0.15) is 0 Å². The van der Waals surface area contributed by atoms with E-state index in [4.69, 9.17) is 15.6 Å². The van der Waals surface area contributed by atoms with Gasteiger partial charge >= 0.3 is 0 Å². The third-order valence-corrected chi connectivity index (χ3v) is 1.27. The SMILES string of the molecule is CC(N)C(CO)OC(C)(C)C. The number of ether oxygens (including phenoxy) is 1. The monoisotopic (exact) mass is 161 g/mol. The van der Waals surface area contributed by atoms with E-state index in [1.54, 1.807) is 0 Å². The molecule has 0 saturated carbocycles. The van der Waals surface area contributed by atoms with E-state index in [-0.39, 0.29) is 24.4 Å². The lowest BCUT2D eigenvalue weighted by Gasteiger charge is -2.28. The smallest absolute Gasteiger partial charge is 0.0960 e. The van der Waals surface area contributed by atoms with E-state index in [0.29, 0.717) is 0 Å². The maximum absolute atomic E-state index is 8.85. The number of rotatable bonds is 3. The molecule has 0 rings (SSSR count). The number of nitrogens with two attached hydrogens (primary N) is 1. The number of hydrogen-bond acceptors (Lipinski definition) is 3. The molecule has 0 aliphatic rings. The molecule has 0 aliphatic heterocycles. The molecule has 0 heterocycles. The third kappa shape index (κ3) is 5.18. The largest absolute Gasteiger partial charge is 0.394 e. The summed E-state index contributed by atoms with van der Waals surface area (Å²) in [6, 6.07) is -0.126. The Morgan fingerprint density at radius 1 is 1.45 bits per heavy atom. The van der Waals surface area contributed by atoms with Crippen molar-refractivity contribution in [3.8, 4) is 0 Å². The molecule has 2 atom stereocenters. The van der Waals surface area contributed by atoms with Crippen molar-refractivity contribution >= 4 is 0 Å². The molecule has 0 aromatic heterocycles. The average Bonchev–Trinajstić information content (AvgIpc) is 1.80. The molecule has 3 N–H and O–H groups in total. The third-order valence-electron chi connectivity index (χ3n) is 1.27. The summed E-state index contributed by atoms with van der Waals surface area (Å²) in [5.41, 5.74) is 5.33. The summed E-state index contributed by atoms with van der Waals surface area (Å²) < 4.78 is 5.47. The Kier molecular flexibility index (Phi) is 4.00. The lowest BCUT2D eigenvalue weighted by atomic mass is 10.1. The minimum absolute atomic E-state index is 0.0189. The summed E-state index contributed by atoms with van der Waals surface area (Å²) >= 11 is 0. The van der Waals surface area contributed by atoms with Crippen LogP contribution in [0.2, 0.25) is 0 Å². The topological polar surface area (TPSA) is 55.5 Å². The predicted octanol–water partition coefficient (Wildman–Crippen LogP) is 0.510. The zero-order valence-corrected chi connectivity index (χ0v) is 7.79. The summed E-state index contributed by atoms with van der Waals surface area (Å²) in [6.45, 7) is 7.63. The van der Waals surface area contributed by atoms with E-state index < -0.39 is 0 Å². The fourth-order valence-electron chi connectivity index (χ4n) is 0.765. The van der Waals surface area contributed by atoms with Crippen LogP contribution in [-0.4, -0.2) is 29.5 Å². The van der Waals surface area contributed by atoms with Crippen LogP contribution < -0.4 is 5.73 Å². The molecule has 3 nitrogen and oxygen atoms in total. The summed E-state index contributed by atoms with van der Waals surface area (Å²) in [6.07, 6.45) is -0.255. The molecule has 0 fully saturated rings. The van der Waals surface area contributed by atoms with Crippen molar-refractivity contribution in [1.82, 2.24) is 0 Å². The van der Waals surface area contributed by atoms with E-state index >= 15 is 0 Å². The first-order valence-electron chi connectivity index (χ1n) is 3.91. The first kappa shape index (κ1) is 10.9. The maximum atomic E-state index is 8.85. The molecular weight excluding hydrogens is 142 g/mol. The van der Waals surface area contributed by atoms with Gasteiger partial charge in [-0.3, -0.25) is 0 Å². The van der Waals surface area contributed by atoms with Crippen LogP contribution in [0.4, 0.5) is 0 Å². The van der Waals surface area contributed by atoms with Crippen molar-refractivity contribution in [2.75, 3.05) is 6.61 Å². The minimum atomic E-state index is -0.255. The highest BCUT2D eigenvalue weighted by Gasteiger charge is 2.20. The predicted molar refractivity (Wildman–Crippen MR) is 45.4 cm³/mol. The minimum Gasteiger partial charge on any atom is -0.394 e. The van der Waals surface area contributed by atoms with Crippen molar-refractivity contribution in [1.29, 1.82) is 0 Å². The fourth-order valence-corrected chi connectivity index (χ4v) is 0.765. The Balaban J connectivity index is 3.88. The Morgan fingerprint density at radius 2 is 1.91 bits per heavy atom. The molecule has 0 bridgehead atoms. The van der Waals surface area contributed by atoms with Crippen molar-refractivity contribution in [3.05, 3.63) is 0 Å². The van der Waals surface area contributed by atoms with E-state index in [9.17, 15) is 0 Å². The van der Waals surface area contributed by atoms with Crippen molar-refractivity contribution in [2.45, 2.75) is 45.4 Å². The van der Waals surface area contributed by atoms with Crippen molar-refractivity contribution in [3.63, 3.8) is 0 Å². The summed E-state index contributed by atoms with van der Waals surface area (Å²) in [7, 11) is 0. The molecule has 0 aromatic carbocycles. The van der Waals surface area contributed by atoms with Crippen LogP contribution in [0.1, 0.15) is 27.7 Å². The number of aliphatic hydroxyl groups excluding tert-OH is 1. The fraction of sp³-hybridized carbons (Fsp3) is 1.00. The zero-order chi connectivity index (χ0) is 9.07. The molecule has 11 heavy (non-hydrogen) atoms. The van der Waals surface area contributed by atoms with Gasteiger partial charge in [-0.25, -0.2) is 0 Å². The molecule has 68 valence electrons. The molecular formula is C8H19NO2. The van der Waals surface area contributed by atoms with Gasteiger partial charge in [-0.15, -0.1) is 0 Å². The second kappa shape index (κ2) is 4.04. The molecule has 2 unspecified atom stereocenters. The molecule has 0 aliphatic carbocycles. The number of hydrogen-bond donors (Lipinski definition) is 2. The molecule has 0 radical (unpaired) electrons. The highest BCUT2D eigenvalue weighted by atomic mass is 16.5. The van der Waals surface area contributed by atoms with Gasteiger partial charge in [0.05, 0.1) is 18.3 Å². The van der Waals surface area contributed by atoms with Crippen LogP contribution >= 0.6 is 0 Å². The molecule has 0 saturated heterocycles. The summed E-state index contributed by atoms with van der Waals surface area (Å²) in [5, 5.41) is 8.85. The van der Waals surface area contributed by atoms with Gasteiger partial charge in [0.25, 0.3) is 0 Å².